The Hall–Kier alpha value is -0.610. The Labute approximate surface area is 138 Å². The molecule has 0 aliphatic carbocycles. The minimum absolute atomic E-state index is 0. The smallest absolute Gasteiger partial charge is 0.125 e. The van der Waals surface area contributed by atoms with Crippen molar-refractivity contribution in [2.75, 3.05) is 19.0 Å². The zero-order chi connectivity index (χ0) is 14.0. The second-order valence-electron chi connectivity index (χ2n) is 4.18. The van der Waals surface area contributed by atoms with Gasteiger partial charge >= 0.3 is 0 Å². The van der Waals surface area contributed by atoms with Gasteiger partial charge in [0.25, 0.3) is 0 Å². The lowest BCUT2D eigenvalue weighted by molar-refractivity contribution is 0.626. The van der Waals surface area contributed by atoms with E-state index in [2.05, 4.69) is 0 Å². The predicted octanol–water partition coefficient (Wildman–Crippen LogP) is 5.77. The molecule has 20 heavy (non-hydrogen) atoms. The van der Waals surface area contributed by atoms with Crippen LogP contribution in [0.4, 0.5) is 10.1 Å². The summed E-state index contributed by atoms with van der Waals surface area (Å²) in [5, 5.41) is 1.19. The van der Waals surface area contributed by atoms with Gasteiger partial charge in [-0.15, -0.1) is 12.4 Å². The van der Waals surface area contributed by atoms with Crippen LogP contribution in [0.2, 0.25) is 10.0 Å². The van der Waals surface area contributed by atoms with E-state index in [1.165, 1.54) is 23.9 Å². The van der Waals surface area contributed by atoms with E-state index in [0.717, 1.165) is 15.5 Å². The van der Waals surface area contributed by atoms with Gasteiger partial charge in [-0.3, -0.25) is 0 Å². The first-order chi connectivity index (χ1) is 8.97. The van der Waals surface area contributed by atoms with Crippen LogP contribution in [-0.4, -0.2) is 14.1 Å². The van der Waals surface area contributed by atoms with Crippen molar-refractivity contribution >= 4 is 53.1 Å². The predicted molar refractivity (Wildman–Crippen MR) is 88.6 cm³/mol. The summed E-state index contributed by atoms with van der Waals surface area (Å²) in [6.07, 6.45) is 0. The number of hydrogen-bond acceptors (Lipinski definition) is 2. The zero-order valence-corrected chi connectivity index (χ0v) is 14.0. The fourth-order valence-corrected chi connectivity index (χ4v) is 3.14. The average Bonchev–Trinajstić information content (AvgIpc) is 2.34. The van der Waals surface area contributed by atoms with Crippen LogP contribution in [0, 0.1) is 5.82 Å². The van der Waals surface area contributed by atoms with Crippen molar-refractivity contribution in [2.45, 2.75) is 9.79 Å². The Balaban J connectivity index is 0.00000200. The van der Waals surface area contributed by atoms with Crippen molar-refractivity contribution in [2.24, 2.45) is 0 Å². The average molecular weight is 353 g/mol. The molecule has 108 valence electrons. The van der Waals surface area contributed by atoms with Crippen LogP contribution in [0.25, 0.3) is 0 Å². The Morgan fingerprint density at radius 1 is 1.00 bits per heavy atom. The van der Waals surface area contributed by atoms with Gasteiger partial charge in [-0.25, -0.2) is 4.39 Å². The first kappa shape index (κ1) is 17.4. The van der Waals surface area contributed by atoms with Gasteiger partial charge in [0, 0.05) is 28.9 Å². The summed E-state index contributed by atoms with van der Waals surface area (Å²) in [4.78, 5) is 3.70. The topological polar surface area (TPSA) is 3.24 Å². The van der Waals surface area contributed by atoms with E-state index in [4.69, 9.17) is 23.2 Å². The molecule has 0 aliphatic rings. The van der Waals surface area contributed by atoms with E-state index in [1.54, 1.807) is 18.2 Å². The normalized spacial score (nSPS) is 10.1. The minimum atomic E-state index is -0.254. The number of hydrogen-bond donors (Lipinski definition) is 0. The van der Waals surface area contributed by atoms with Crippen LogP contribution in [0.3, 0.4) is 0 Å². The molecular weight excluding hydrogens is 340 g/mol. The minimum Gasteiger partial charge on any atom is -0.377 e. The molecule has 6 heteroatoms. The van der Waals surface area contributed by atoms with Gasteiger partial charge in [0.2, 0.25) is 0 Å². The van der Waals surface area contributed by atoms with E-state index in [1.807, 2.05) is 25.1 Å². The zero-order valence-electron chi connectivity index (χ0n) is 10.9. The molecule has 0 fully saturated rings. The van der Waals surface area contributed by atoms with Crippen LogP contribution in [0.1, 0.15) is 0 Å². The summed E-state index contributed by atoms with van der Waals surface area (Å²) < 4.78 is 13.3. The molecule has 0 N–H and O–H groups in total. The number of benzene rings is 2. The van der Waals surface area contributed by atoms with Crippen LogP contribution in [0.15, 0.2) is 46.2 Å². The van der Waals surface area contributed by atoms with Gasteiger partial charge in [0.05, 0.1) is 10.7 Å². The molecule has 0 unspecified atom stereocenters. The summed E-state index contributed by atoms with van der Waals surface area (Å²) in [6, 6.07) is 10.0. The third kappa shape index (κ3) is 4.19. The molecule has 0 saturated carbocycles. The highest BCUT2D eigenvalue weighted by Gasteiger charge is 2.10. The molecule has 0 spiro atoms. The highest BCUT2D eigenvalue weighted by Crippen LogP contribution is 2.39. The summed E-state index contributed by atoms with van der Waals surface area (Å²) in [7, 11) is 3.75. The molecule has 0 atom stereocenters. The molecule has 0 saturated heterocycles. The lowest BCUT2D eigenvalue weighted by atomic mass is 10.3. The molecule has 0 radical (unpaired) electrons. The Kier molecular flexibility index (Phi) is 6.46. The van der Waals surface area contributed by atoms with Gasteiger partial charge in [0.1, 0.15) is 5.82 Å². The lowest BCUT2D eigenvalue weighted by Crippen LogP contribution is -2.10. The van der Waals surface area contributed by atoms with E-state index < -0.39 is 0 Å². The Bertz CT molecular complexity index is 605. The van der Waals surface area contributed by atoms with E-state index in [0.29, 0.717) is 10.0 Å². The van der Waals surface area contributed by atoms with Gasteiger partial charge in [-0.05, 0) is 36.4 Å². The second kappa shape index (κ2) is 7.41. The quantitative estimate of drug-likeness (QED) is 0.689. The molecular formula is C14H13Cl3FNS. The third-order valence-electron chi connectivity index (χ3n) is 2.52. The summed E-state index contributed by atoms with van der Waals surface area (Å²) in [5.41, 5.74) is 0.816. The molecule has 0 heterocycles. The number of rotatable bonds is 3. The van der Waals surface area contributed by atoms with E-state index in [-0.39, 0.29) is 18.2 Å². The number of anilines is 1. The first-order valence-electron chi connectivity index (χ1n) is 5.57. The number of nitrogens with zero attached hydrogens (tertiary/aromatic N) is 1. The highest BCUT2D eigenvalue weighted by molar-refractivity contribution is 7.99. The molecule has 2 aromatic rings. The van der Waals surface area contributed by atoms with Crippen molar-refractivity contribution in [1.82, 2.24) is 0 Å². The maximum Gasteiger partial charge on any atom is 0.125 e. The standard InChI is InChI=1S/C14H12Cl2FNS.ClH/c1-18(2)12-8-10(17)4-6-14(12)19-13-5-3-9(15)7-11(13)16;/h3-8H,1-2H3;1H. The molecule has 2 rings (SSSR count). The van der Waals surface area contributed by atoms with Crippen molar-refractivity contribution < 1.29 is 4.39 Å². The lowest BCUT2D eigenvalue weighted by Gasteiger charge is -2.17. The van der Waals surface area contributed by atoms with Crippen molar-refractivity contribution in [1.29, 1.82) is 0 Å². The van der Waals surface area contributed by atoms with Crippen molar-refractivity contribution in [3.8, 4) is 0 Å². The van der Waals surface area contributed by atoms with Gasteiger partial charge in [-0.1, -0.05) is 35.0 Å². The van der Waals surface area contributed by atoms with E-state index >= 15 is 0 Å². The van der Waals surface area contributed by atoms with Gasteiger partial charge in [-0.2, -0.15) is 0 Å². The Morgan fingerprint density at radius 2 is 1.65 bits per heavy atom. The molecule has 0 amide bonds. The van der Waals surface area contributed by atoms with Crippen LogP contribution < -0.4 is 4.90 Å². The molecule has 0 aliphatic heterocycles. The van der Waals surface area contributed by atoms with Crippen molar-refractivity contribution in [3.63, 3.8) is 0 Å². The highest BCUT2D eigenvalue weighted by atomic mass is 35.5. The van der Waals surface area contributed by atoms with Crippen molar-refractivity contribution in [3.05, 3.63) is 52.3 Å². The SMILES string of the molecule is CN(C)c1cc(F)ccc1Sc1ccc(Cl)cc1Cl.Cl. The van der Waals surface area contributed by atoms with Crippen LogP contribution in [0.5, 0.6) is 0 Å². The maximum atomic E-state index is 13.3. The van der Waals surface area contributed by atoms with Crippen LogP contribution in [-0.2, 0) is 0 Å². The van der Waals surface area contributed by atoms with E-state index in [9.17, 15) is 4.39 Å². The second-order valence-corrected chi connectivity index (χ2v) is 6.11. The van der Waals surface area contributed by atoms with Gasteiger partial charge in [0.15, 0.2) is 0 Å². The summed E-state index contributed by atoms with van der Waals surface area (Å²) >= 11 is 13.5. The fourth-order valence-electron chi connectivity index (χ4n) is 1.60. The summed E-state index contributed by atoms with van der Waals surface area (Å²) in [5.74, 6) is -0.254. The monoisotopic (exact) mass is 351 g/mol. The molecule has 0 aromatic heterocycles. The number of halogens is 4. The maximum absolute atomic E-state index is 13.3. The fraction of sp³-hybridized carbons (Fsp3) is 0.143. The van der Waals surface area contributed by atoms with Gasteiger partial charge < -0.3 is 4.90 Å². The largest absolute Gasteiger partial charge is 0.377 e. The molecule has 0 bridgehead atoms. The van der Waals surface area contributed by atoms with Crippen LogP contribution >= 0.6 is 47.4 Å². The first-order valence-corrected chi connectivity index (χ1v) is 7.14. The third-order valence-corrected chi connectivity index (χ3v) is 4.32. The molecule has 1 nitrogen and oxygen atoms in total. The Morgan fingerprint density at radius 3 is 2.25 bits per heavy atom. The summed E-state index contributed by atoms with van der Waals surface area (Å²) in [6.45, 7) is 0. The molecule has 2 aromatic carbocycles.